The van der Waals surface area contributed by atoms with Gasteiger partial charge in [0.15, 0.2) is 0 Å². The minimum atomic E-state index is -0.611. The number of benzene rings is 4. The Balaban J connectivity index is 1.59. The highest BCUT2D eigenvalue weighted by atomic mass is 19.1. The molecule has 166 valence electrons. The highest BCUT2D eigenvalue weighted by Crippen LogP contribution is 2.40. The number of rotatable bonds is 3. The molecule has 1 aliphatic rings. The molecular weight excluding hydrogens is 414 g/mol. The Labute approximate surface area is 193 Å². The van der Waals surface area contributed by atoms with Crippen LogP contribution in [-0.2, 0) is 9.31 Å². The molecule has 4 aromatic carbocycles. The molecule has 2 N–H and O–H groups in total. The van der Waals surface area contributed by atoms with Gasteiger partial charge in [0, 0.05) is 16.3 Å². The van der Waals surface area contributed by atoms with Crippen LogP contribution in [-0.4, -0.2) is 24.3 Å². The maximum atomic E-state index is 15.5. The van der Waals surface area contributed by atoms with E-state index in [9.17, 15) is 0 Å². The fraction of sp³-hybridized carbons (Fsp3) is 0.222. The summed E-state index contributed by atoms with van der Waals surface area (Å²) in [6.07, 6.45) is 0. The van der Waals surface area contributed by atoms with Crippen molar-refractivity contribution in [3.05, 3.63) is 78.4 Å². The third-order valence-corrected chi connectivity index (χ3v) is 6.80. The van der Waals surface area contributed by atoms with Gasteiger partial charge in [-0.15, -0.1) is 0 Å². The molecule has 6 heteroatoms. The van der Waals surface area contributed by atoms with Crippen LogP contribution in [0.1, 0.15) is 33.3 Å². The van der Waals surface area contributed by atoms with Crippen LogP contribution in [0.15, 0.2) is 77.8 Å². The molecule has 1 fully saturated rings. The maximum absolute atomic E-state index is 15.5. The van der Waals surface area contributed by atoms with Crippen LogP contribution in [0.3, 0.4) is 0 Å². The molecule has 0 amide bonds. The third kappa shape index (κ3) is 3.60. The molecule has 4 aromatic rings. The van der Waals surface area contributed by atoms with E-state index in [1.165, 1.54) is 0 Å². The van der Waals surface area contributed by atoms with Crippen LogP contribution in [0.25, 0.3) is 21.5 Å². The van der Waals surface area contributed by atoms with Crippen molar-refractivity contribution in [2.75, 3.05) is 5.73 Å². The molecule has 0 spiro atoms. The van der Waals surface area contributed by atoms with Gasteiger partial charge in [-0.25, -0.2) is 4.99 Å². The molecule has 1 saturated heterocycles. The Kier molecular flexibility index (Phi) is 5.03. The van der Waals surface area contributed by atoms with Gasteiger partial charge < -0.3 is 15.0 Å². The first-order chi connectivity index (χ1) is 15.7. The van der Waals surface area contributed by atoms with Gasteiger partial charge in [-0.1, -0.05) is 72.8 Å². The van der Waals surface area contributed by atoms with Crippen LogP contribution in [0.5, 0.6) is 0 Å². The average Bonchev–Trinajstić information content (AvgIpc) is 3.03. The number of hydrogen-bond acceptors (Lipinski definition) is 4. The second-order valence-electron chi connectivity index (χ2n) is 9.47. The molecule has 0 atom stereocenters. The largest absolute Gasteiger partial charge is 0.494 e. The lowest BCUT2D eigenvalue weighted by atomic mass is 9.78. The molecule has 0 aromatic heterocycles. The molecular formula is C27H26BFN2O2. The highest BCUT2D eigenvalue weighted by molar-refractivity contribution is 6.62. The zero-order valence-corrected chi connectivity index (χ0v) is 19.2. The monoisotopic (exact) mass is 440 g/mol. The first-order valence-electron chi connectivity index (χ1n) is 11.1. The van der Waals surface area contributed by atoms with Crippen LogP contribution in [0, 0.1) is 0 Å². The van der Waals surface area contributed by atoms with Crippen molar-refractivity contribution in [1.29, 1.82) is 0 Å². The minimum absolute atomic E-state index is 0.346. The van der Waals surface area contributed by atoms with Gasteiger partial charge in [0.25, 0.3) is 0 Å². The zero-order chi connectivity index (χ0) is 23.4. The number of anilines is 1. The second kappa shape index (κ2) is 7.68. The lowest BCUT2D eigenvalue weighted by molar-refractivity contribution is 0.00578. The van der Waals surface area contributed by atoms with Gasteiger partial charge >= 0.3 is 7.12 Å². The normalized spacial score (nSPS) is 17.7. The number of fused-ring (bicyclic) bond motifs is 3. The molecule has 1 heterocycles. The van der Waals surface area contributed by atoms with Crippen molar-refractivity contribution in [3.8, 4) is 0 Å². The van der Waals surface area contributed by atoms with Gasteiger partial charge in [-0.2, -0.15) is 4.39 Å². The average molecular weight is 440 g/mol. The predicted octanol–water partition coefficient (Wildman–Crippen LogP) is 5.92. The summed E-state index contributed by atoms with van der Waals surface area (Å²) in [5.41, 5.74) is 7.52. The number of nitrogens with two attached hydrogens (primary N) is 1. The topological polar surface area (TPSA) is 56.8 Å². The number of aliphatic imine (C=N–C) groups is 1. The number of nitrogen functional groups attached to an aromatic ring is 1. The van der Waals surface area contributed by atoms with E-state index >= 15 is 4.39 Å². The Morgan fingerprint density at radius 2 is 1.33 bits per heavy atom. The van der Waals surface area contributed by atoms with Crippen LogP contribution in [0.2, 0.25) is 0 Å². The number of nitrogens with zero attached hydrogens (tertiary/aromatic N) is 1. The Bertz CT molecular complexity index is 1400. The number of halogens is 1. The van der Waals surface area contributed by atoms with Crippen molar-refractivity contribution >= 4 is 51.5 Å². The SMILES string of the molecule is CC1(C)OB(c2cccc(C(F)=Nc3c(N)c4ccccc4c4ccccc34)c2)OC1(C)C. The quantitative estimate of drug-likeness (QED) is 0.186. The Morgan fingerprint density at radius 1 is 0.788 bits per heavy atom. The van der Waals surface area contributed by atoms with Crippen LogP contribution < -0.4 is 11.2 Å². The predicted molar refractivity (Wildman–Crippen MR) is 135 cm³/mol. The van der Waals surface area contributed by atoms with Gasteiger partial charge in [0.05, 0.1) is 22.6 Å². The zero-order valence-electron chi connectivity index (χ0n) is 19.2. The van der Waals surface area contributed by atoms with E-state index in [1.54, 1.807) is 18.2 Å². The highest BCUT2D eigenvalue weighted by Gasteiger charge is 2.51. The van der Waals surface area contributed by atoms with Crippen LogP contribution >= 0.6 is 0 Å². The lowest BCUT2D eigenvalue weighted by Gasteiger charge is -2.32. The van der Waals surface area contributed by atoms with Gasteiger partial charge in [0.2, 0.25) is 5.97 Å². The summed E-state index contributed by atoms with van der Waals surface area (Å²) in [5, 5.41) is 3.67. The molecule has 33 heavy (non-hydrogen) atoms. The second-order valence-corrected chi connectivity index (χ2v) is 9.47. The van der Waals surface area contributed by atoms with E-state index in [0.717, 1.165) is 27.0 Å². The fourth-order valence-corrected chi connectivity index (χ4v) is 4.23. The van der Waals surface area contributed by atoms with Crippen LogP contribution in [0.4, 0.5) is 15.8 Å². The van der Waals surface area contributed by atoms with E-state index in [2.05, 4.69) is 4.99 Å². The maximum Gasteiger partial charge on any atom is 0.494 e. The first kappa shape index (κ1) is 21.6. The van der Waals surface area contributed by atoms with Gasteiger partial charge in [0.1, 0.15) is 0 Å². The lowest BCUT2D eigenvalue weighted by Crippen LogP contribution is -2.41. The van der Waals surface area contributed by atoms with Crippen molar-refractivity contribution in [1.82, 2.24) is 0 Å². The summed E-state index contributed by atoms with van der Waals surface area (Å²) in [7, 11) is -0.575. The van der Waals surface area contributed by atoms with E-state index in [0.29, 0.717) is 16.9 Å². The number of hydrogen-bond donors (Lipinski definition) is 1. The summed E-state index contributed by atoms with van der Waals surface area (Å²) in [5.74, 6) is -0.611. The third-order valence-electron chi connectivity index (χ3n) is 6.80. The minimum Gasteiger partial charge on any atom is -0.399 e. The summed E-state index contributed by atoms with van der Waals surface area (Å²) in [6.45, 7) is 7.97. The molecule has 1 aliphatic heterocycles. The van der Waals surface area contributed by atoms with E-state index in [4.69, 9.17) is 15.0 Å². The van der Waals surface area contributed by atoms with Gasteiger partial charge in [-0.05, 0) is 43.9 Å². The van der Waals surface area contributed by atoms with Crippen molar-refractivity contribution < 1.29 is 13.7 Å². The summed E-state index contributed by atoms with van der Waals surface area (Å²) in [6, 6.07) is 22.7. The Morgan fingerprint density at radius 3 is 1.97 bits per heavy atom. The molecule has 0 unspecified atom stereocenters. The van der Waals surface area contributed by atoms with E-state index in [1.807, 2.05) is 82.3 Å². The standard InChI is InChI=1S/C27H26BFN2O2/c1-26(2)27(3,4)33-28(32-26)18-11-9-10-17(16-18)25(29)31-24-22-15-8-6-13-20(22)19-12-5-7-14-21(19)23(24)30/h5-16H,30H2,1-4H3. The summed E-state index contributed by atoms with van der Waals surface area (Å²) >= 11 is 0. The molecule has 5 rings (SSSR count). The summed E-state index contributed by atoms with van der Waals surface area (Å²) < 4.78 is 27.8. The molecule has 4 nitrogen and oxygen atoms in total. The molecule has 0 aliphatic carbocycles. The molecule has 0 bridgehead atoms. The van der Waals surface area contributed by atoms with Gasteiger partial charge in [-0.3, -0.25) is 0 Å². The van der Waals surface area contributed by atoms with E-state index < -0.39 is 24.3 Å². The van der Waals surface area contributed by atoms with Crippen molar-refractivity contribution in [2.24, 2.45) is 4.99 Å². The Hall–Kier alpha value is -3.22. The van der Waals surface area contributed by atoms with Crippen molar-refractivity contribution in [2.45, 2.75) is 38.9 Å². The first-order valence-corrected chi connectivity index (χ1v) is 11.1. The molecule has 0 radical (unpaired) electrons. The van der Waals surface area contributed by atoms with Crippen molar-refractivity contribution in [3.63, 3.8) is 0 Å². The summed E-state index contributed by atoms with van der Waals surface area (Å²) in [4.78, 5) is 4.38. The fourth-order valence-electron chi connectivity index (χ4n) is 4.23. The molecule has 0 saturated carbocycles. The smallest absolute Gasteiger partial charge is 0.399 e. The van der Waals surface area contributed by atoms with E-state index in [-0.39, 0.29) is 0 Å².